The van der Waals surface area contributed by atoms with Crippen molar-refractivity contribution in [1.29, 1.82) is 0 Å². The average molecular weight is 217 g/mol. The molecule has 2 heterocycles. The van der Waals surface area contributed by atoms with Crippen molar-refractivity contribution < 1.29 is 4.74 Å². The number of nitrogens with zero attached hydrogens (tertiary/aromatic N) is 1. The quantitative estimate of drug-likeness (QED) is 0.668. The first-order valence-electron chi connectivity index (χ1n) is 5.23. The standard InChI is InChI=1S/C9H19N3OS/c1-12-3-4-13-8(7-12)6-11-9-10-2-5-14-9/h8-11H,2-7H2,1H3/t8-,9?/m0/s1. The van der Waals surface area contributed by atoms with Gasteiger partial charge in [0.25, 0.3) is 0 Å². The fourth-order valence-corrected chi connectivity index (χ4v) is 2.71. The molecule has 0 spiro atoms. The van der Waals surface area contributed by atoms with Gasteiger partial charge in [-0.2, -0.15) is 0 Å². The molecule has 2 atom stereocenters. The first-order chi connectivity index (χ1) is 6.84. The molecule has 2 aliphatic rings. The van der Waals surface area contributed by atoms with Crippen LogP contribution in [0.4, 0.5) is 0 Å². The maximum atomic E-state index is 5.67. The second-order valence-electron chi connectivity index (χ2n) is 3.87. The van der Waals surface area contributed by atoms with E-state index in [0.717, 1.165) is 32.8 Å². The smallest absolute Gasteiger partial charge is 0.106 e. The number of likely N-dealkylation sites (N-methyl/N-ethyl adjacent to an activating group) is 1. The van der Waals surface area contributed by atoms with Gasteiger partial charge < -0.3 is 9.64 Å². The molecule has 2 rings (SSSR count). The third-order valence-electron chi connectivity index (χ3n) is 2.59. The number of morpholine rings is 1. The van der Waals surface area contributed by atoms with E-state index in [-0.39, 0.29) is 0 Å². The van der Waals surface area contributed by atoms with Crippen molar-refractivity contribution in [2.24, 2.45) is 0 Å². The predicted octanol–water partition coefficient (Wildman–Crippen LogP) is -0.473. The SMILES string of the molecule is CN1CCO[C@@H](CNC2NCCS2)C1. The van der Waals surface area contributed by atoms with Crippen molar-refractivity contribution in [3.8, 4) is 0 Å². The molecule has 5 heteroatoms. The van der Waals surface area contributed by atoms with Gasteiger partial charge in [0.15, 0.2) is 0 Å². The van der Waals surface area contributed by atoms with Crippen LogP contribution in [-0.4, -0.2) is 62.1 Å². The lowest BCUT2D eigenvalue weighted by Gasteiger charge is -2.30. The molecule has 4 nitrogen and oxygen atoms in total. The Hall–Kier alpha value is 0.190. The van der Waals surface area contributed by atoms with Gasteiger partial charge in [-0.25, -0.2) is 0 Å². The van der Waals surface area contributed by atoms with E-state index in [0.29, 0.717) is 11.6 Å². The average Bonchev–Trinajstić information content (AvgIpc) is 2.67. The van der Waals surface area contributed by atoms with Gasteiger partial charge in [0, 0.05) is 31.9 Å². The Morgan fingerprint density at radius 2 is 2.57 bits per heavy atom. The van der Waals surface area contributed by atoms with Crippen LogP contribution < -0.4 is 10.6 Å². The van der Waals surface area contributed by atoms with Crippen LogP contribution >= 0.6 is 11.8 Å². The second-order valence-corrected chi connectivity index (χ2v) is 5.08. The van der Waals surface area contributed by atoms with Gasteiger partial charge in [0.2, 0.25) is 0 Å². The molecule has 0 saturated carbocycles. The van der Waals surface area contributed by atoms with Gasteiger partial charge in [0.05, 0.1) is 12.7 Å². The minimum atomic E-state index is 0.358. The van der Waals surface area contributed by atoms with Crippen LogP contribution in [0.2, 0.25) is 0 Å². The van der Waals surface area contributed by atoms with Crippen LogP contribution in [0, 0.1) is 0 Å². The summed E-state index contributed by atoms with van der Waals surface area (Å²) >= 11 is 1.94. The number of nitrogens with one attached hydrogen (secondary N) is 2. The van der Waals surface area contributed by atoms with E-state index in [4.69, 9.17) is 4.74 Å². The van der Waals surface area contributed by atoms with Crippen molar-refractivity contribution in [1.82, 2.24) is 15.5 Å². The lowest BCUT2D eigenvalue weighted by atomic mass is 10.3. The maximum absolute atomic E-state index is 5.67. The largest absolute Gasteiger partial charge is 0.374 e. The first kappa shape index (κ1) is 10.7. The van der Waals surface area contributed by atoms with Crippen molar-refractivity contribution in [2.45, 2.75) is 11.6 Å². The highest BCUT2D eigenvalue weighted by molar-refractivity contribution is 8.00. The number of ether oxygens (including phenoxy) is 1. The molecule has 14 heavy (non-hydrogen) atoms. The summed E-state index contributed by atoms with van der Waals surface area (Å²) in [6, 6.07) is 0. The second kappa shape index (κ2) is 5.32. The van der Waals surface area contributed by atoms with E-state index in [1.807, 2.05) is 11.8 Å². The van der Waals surface area contributed by atoms with Gasteiger partial charge in [-0.15, -0.1) is 11.8 Å². The van der Waals surface area contributed by atoms with Crippen molar-refractivity contribution in [2.75, 3.05) is 45.6 Å². The summed E-state index contributed by atoms with van der Waals surface area (Å²) in [4.78, 5) is 2.32. The van der Waals surface area contributed by atoms with Crippen LogP contribution in [0.1, 0.15) is 0 Å². The minimum absolute atomic E-state index is 0.358. The summed E-state index contributed by atoms with van der Waals surface area (Å²) in [6.45, 7) is 5.05. The molecule has 0 radical (unpaired) electrons. The molecule has 0 aliphatic carbocycles. The molecule has 0 aromatic rings. The molecule has 2 fully saturated rings. The summed E-state index contributed by atoms with van der Waals surface area (Å²) in [5.41, 5.74) is 0.436. The Morgan fingerprint density at radius 3 is 3.29 bits per heavy atom. The number of rotatable bonds is 3. The topological polar surface area (TPSA) is 36.5 Å². The molecule has 0 aromatic heterocycles. The summed E-state index contributed by atoms with van der Waals surface area (Å²) in [5.74, 6) is 1.21. The van der Waals surface area contributed by atoms with E-state index in [2.05, 4.69) is 22.6 Å². The van der Waals surface area contributed by atoms with Crippen LogP contribution in [0.15, 0.2) is 0 Å². The first-order valence-corrected chi connectivity index (χ1v) is 6.28. The Bertz CT molecular complexity index is 175. The van der Waals surface area contributed by atoms with Crippen LogP contribution in [-0.2, 0) is 4.74 Å². The summed E-state index contributed by atoms with van der Waals surface area (Å²) in [6.07, 6.45) is 0.358. The predicted molar refractivity (Wildman–Crippen MR) is 59.5 cm³/mol. The van der Waals surface area contributed by atoms with Gasteiger partial charge in [0.1, 0.15) is 5.50 Å². The fourth-order valence-electron chi connectivity index (χ4n) is 1.79. The van der Waals surface area contributed by atoms with Gasteiger partial charge in [-0.3, -0.25) is 10.6 Å². The van der Waals surface area contributed by atoms with E-state index in [9.17, 15) is 0 Å². The molecule has 82 valence electrons. The zero-order chi connectivity index (χ0) is 9.80. The molecule has 2 aliphatic heterocycles. The van der Waals surface area contributed by atoms with E-state index >= 15 is 0 Å². The van der Waals surface area contributed by atoms with Crippen LogP contribution in [0.5, 0.6) is 0 Å². The molecular formula is C9H19N3OS. The Morgan fingerprint density at radius 1 is 1.64 bits per heavy atom. The zero-order valence-corrected chi connectivity index (χ0v) is 9.48. The molecule has 2 saturated heterocycles. The van der Waals surface area contributed by atoms with Gasteiger partial charge in [-0.05, 0) is 7.05 Å². The highest BCUT2D eigenvalue weighted by Crippen LogP contribution is 2.11. The molecule has 0 amide bonds. The van der Waals surface area contributed by atoms with Crippen molar-refractivity contribution in [3.05, 3.63) is 0 Å². The van der Waals surface area contributed by atoms with Gasteiger partial charge in [-0.1, -0.05) is 0 Å². The number of hydrogen-bond acceptors (Lipinski definition) is 5. The summed E-state index contributed by atoms with van der Waals surface area (Å²) in [5, 5.41) is 6.86. The normalized spacial score (nSPS) is 34.9. The third-order valence-corrected chi connectivity index (χ3v) is 3.70. The summed E-state index contributed by atoms with van der Waals surface area (Å²) < 4.78 is 5.67. The lowest BCUT2D eigenvalue weighted by molar-refractivity contribution is -0.0185. The van der Waals surface area contributed by atoms with E-state index in [1.165, 1.54) is 5.75 Å². The van der Waals surface area contributed by atoms with Crippen LogP contribution in [0.25, 0.3) is 0 Å². The number of thioether (sulfide) groups is 1. The summed E-state index contributed by atoms with van der Waals surface area (Å²) in [7, 11) is 2.15. The Kier molecular flexibility index (Phi) is 4.07. The van der Waals surface area contributed by atoms with Gasteiger partial charge >= 0.3 is 0 Å². The Balaban J connectivity index is 1.64. The van der Waals surface area contributed by atoms with E-state index in [1.54, 1.807) is 0 Å². The molecule has 0 bridgehead atoms. The molecule has 1 unspecified atom stereocenters. The van der Waals surface area contributed by atoms with Crippen molar-refractivity contribution >= 4 is 11.8 Å². The number of hydrogen-bond donors (Lipinski definition) is 2. The molecular weight excluding hydrogens is 198 g/mol. The van der Waals surface area contributed by atoms with Crippen molar-refractivity contribution in [3.63, 3.8) is 0 Å². The van der Waals surface area contributed by atoms with Crippen LogP contribution in [0.3, 0.4) is 0 Å². The highest BCUT2D eigenvalue weighted by atomic mass is 32.2. The molecule has 2 N–H and O–H groups in total. The monoisotopic (exact) mass is 217 g/mol. The fraction of sp³-hybridized carbons (Fsp3) is 1.00. The maximum Gasteiger partial charge on any atom is 0.106 e. The van der Waals surface area contributed by atoms with E-state index < -0.39 is 0 Å². The lowest BCUT2D eigenvalue weighted by Crippen LogP contribution is -2.48. The highest BCUT2D eigenvalue weighted by Gasteiger charge is 2.20. The Labute approximate surface area is 89.7 Å². The molecule has 0 aromatic carbocycles. The third kappa shape index (κ3) is 3.10. The zero-order valence-electron chi connectivity index (χ0n) is 8.66. The minimum Gasteiger partial charge on any atom is -0.374 e.